The molecule has 0 aromatic heterocycles. The summed E-state index contributed by atoms with van der Waals surface area (Å²) in [5.41, 5.74) is 6.54. The molecule has 0 amide bonds. The Balaban J connectivity index is 1.97. The highest BCUT2D eigenvalue weighted by Gasteiger charge is 2.40. The van der Waals surface area contributed by atoms with Gasteiger partial charge in [0.05, 0.1) is 0 Å². The number of hydrogen-bond donors (Lipinski definition) is 0. The van der Waals surface area contributed by atoms with Crippen molar-refractivity contribution in [1.82, 2.24) is 0 Å². The molecule has 0 spiro atoms. The molecule has 0 N–H and O–H groups in total. The van der Waals surface area contributed by atoms with E-state index in [2.05, 4.69) is 69.3 Å². The van der Waals surface area contributed by atoms with E-state index in [1.807, 2.05) is 0 Å². The second-order valence-corrected chi connectivity index (χ2v) is 8.54. The highest BCUT2D eigenvalue weighted by molar-refractivity contribution is 5.47. The van der Waals surface area contributed by atoms with E-state index in [4.69, 9.17) is 0 Å². The molecular formula is C27H38. The van der Waals surface area contributed by atoms with Crippen molar-refractivity contribution in [2.24, 2.45) is 5.92 Å². The highest BCUT2D eigenvalue weighted by Crippen LogP contribution is 2.49. The Labute approximate surface area is 167 Å². The average Bonchev–Trinajstić information content (AvgIpc) is 2.74. The van der Waals surface area contributed by atoms with Crippen LogP contribution >= 0.6 is 0 Å². The van der Waals surface area contributed by atoms with Gasteiger partial charge in [-0.05, 0) is 66.7 Å². The Kier molecular flexibility index (Phi) is 7.16. The minimum Gasteiger partial charge on any atom is -0.0654 e. The maximum atomic E-state index is 2.43. The molecule has 0 saturated heterocycles. The van der Waals surface area contributed by atoms with E-state index in [-0.39, 0.29) is 5.41 Å². The molecule has 2 aromatic rings. The standard InChI is InChI=1S/C27H38/c1-4-7-8-13-22-18-20-27(21-19-22,25-16-11-9-14-23(25)5-2)26-17-12-10-15-24(26)6-3/h9-12,14-17,22H,4-8,13,18-21H2,1-3H3. The van der Waals surface area contributed by atoms with E-state index >= 15 is 0 Å². The topological polar surface area (TPSA) is 0 Å². The monoisotopic (exact) mass is 362 g/mol. The van der Waals surface area contributed by atoms with E-state index in [0.717, 1.165) is 18.8 Å². The van der Waals surface area contributed by atoms with E-state index in [1.54, 1.807) is 22.3 Å². The summed E-state index contributed by atoms with van der Waals surface area (Å²) in [6.45, 7) is 6.94. The van der Waals surface area contributed by atoms with Gasteiger partial charge < -0.3 is 0 Å². The van der Waals surface area contributed by atoms with Gasteiger partial charge in [0.1, 0.15) is 0 Å². The van der Waals surface area contributed by atoms with Crippen LogP contribution < -0.4 is 0 Å². The van der Waals surface area contributed by atoms with E-state index in [1.165, 1.54) is 51.4 Å². The van der Waals surface area contributed by atoms with Gasteiger partial charge in [-0.3, -0.25) is 0 Å². The van der Waals surface area contributed by atoms with E-state index in [9.17, 15) is 0 Å². The van der Waals surface area contributed by atoms with Crippen LogP contribution in [0.1, 0.15) is 94.4 Å². The third kappa shape index (κ3) is 4.31. The lowest BCUT2D eigenvalue weighted by atomic mass is 9.60. The van der Waals surface area contributed by atoms with Crippen molar-refractivity contribution in [2.75, 3.05) is 0 Å². The number of unbranched alkanes of at least 4 members (excludes halogenated alkanes) is 2. The van der Waals surface area contributed by atoms with Crippen molar-refractivity contribution in [1.29, 1.82) is 0 Å². The molecule has 0 atom stereocenters. The first-order valence-corrected chi connectivity index (χ1v) is 11.4. The highest BCUT2D eigenvalue weighted by atomic mass is 14.4. The van der Waals surface area contributed by atoms with E-state index in [0.29, 0.717) is 0 Å². The second kappa shape index (κ2) is 9.58. The fourth-order valence-electron chi connectivity index (χ4n) is 5.42. The molecule has 0 radical (unpaired) electrons. The lowest BCUT2D eigenvalue weighted by molar-refractivity contribution is 0.249. The minimum atomic E-state index is 0.223. The Bertz CT molecular complexity index is 654. The predicted octanol–water partition coefficient (Wildman–Crippen LogP) is 7.87. The zero-order valence-electron chi connectivity index (χ0n) is 17.8. The van der Waals surface area contributed by atoms with Crippen molar-refractivity contribution < 1.29 is 0 Å². The van der Waals surface area contributed by atoms with Gasteiger partial charge >= 0.3 is 0 Å². The van der Waals surface area contributed by atoms with Gasteiger partial charge in [-0.1, -0.05) is 95.0 Å². The van der Waals surface area contributed by atoms with Crippen LogP contribution in [0.3, 0.4) is 0 Å². The molecule has 1 aliphatic rings. The SMILES string of the molecule is CCCCCC1CCC(c2ccccc2CC)(c2ccccc2CC)CC1. The quantitative estimate of drug-likeness (QED) is 0.419. The molecule has 0 heteroatoms. The maximum absolute atomic E-state index is 2.43. The van der Waals surface area contributed by atoms with Crippen LogP contribution in [0, 0.1) is 5.92 Å². The first-order valence-electron chi connectivity index (χ1n) is 11.4. The van der Waals surface area contributed by atoms with Crippen LogP contribution in [0.5, 0.6) is 0 Å². The molecular weight excluding hydrogens is 324 g/mol. The fourth-order valence-corrected chi connectivity index (χ4v) is 5.42. The van der Waals surface area contributed by atoms with Crippen molar-refractivity contribution >= 4 is 0 Å². The molecule has 146 valence electrons. The summed E-state index contributed by atoms with van der Waals surface area (Å²) in [7, 11) is 0. The summed E-state index contributed by atoms with van der Waals surface area (Å²) in [5.74, 6) is 0.937. The third-order valence-electron chi connectivity index (χ3n) is 7.00. The minimum absolute atomic E-state index is 0.223. The summed E-state index contributed by atoms with van der Waals surface area (Å²) in [5, 5.41) is 0. The van der Waals surface area contributed by atoms with Crippen LogP contribution in [0.4, 0.5) is 0 Å². The van der Waals surface area contributed by atoms with Gasteiger partial charge in [0.15, 0.2) is 0 Å². The van der Waals surface area contributed by atoms with Crippen molar-refractivity contribution in [3.05, 3.63) is 70.8 Å². The van der Waals surface area contributed by atoms with E-state index < -0.39 is 0 Å². The Morgan fingerprint density at radius 3 is 1.74 bits per heavy atom. The fraction of sp³-hybridized carbons (Fsp3) is 0.556. The number of benzene rings is 2. The smallest absolute Gasteiger partial charge is 0.0208 e. The van der Waals surface area contributed by atoms with Gasteiger partial charge in [-0.2, -0.15) is 0 Å². The lowest BCUT2D eigenvalue weighted by Crippen LogP contribution is -2.35. The predicted molar refractivity (Wildman–Crippen MR) is 119 cm³/mol. The van der Waals surface area contributed by atoms with Crippen LogP contribution in [-0.4, -0.2) is 0 Å². The zero-order chi connectivity index (χ0) is 19.1. The first kappa shape index (κ1) is 20.2. The summed E-state index contributed by atoms with van der Waals surface area (Å²) in [4.78, 5) is 0. The van der Waals surface area contributed by atoms with Crippen LogP contribution in [0.15, 0.2) is 48.5 Å². The molecule has 3 rings (SSSR count). The summed E-state index contributed by atoms with van der Waals surface area (Å²) >= 11 is 0. The molecule has 0 heterocycles. The van der Waals surface area contributed by atoms with Gasteiger partial charge in [0.2, 0.25) is 0 Å². The Morgan fingerprint density at radius 2 is 1.26 bits per heavy atom. The van der Waals surface area contributed by atoms with Crippen molar-refractivity contribution in [2.45, 2.75) is 90.4 Å². The van der Waals surface area contributed by atoms with Gasteiger partial charge in [0, 0.05) is 5.41 Å². The molecule has 1 saturated carbocycles. The summed E-state index contributed by atoms with van der Waals surface area (Å²) in [6, 6.07) is 18.6. The first-order chi connectivity index (χ1) is 13.2. The van der Waals surface area contributed by atoms with Crippen molar-refractivity contribution in [3.63, 3.8) is 0 Å². The molecule has 1 aliphatic carbocycles. The van der Waals surface area contributed by atoms with Crippen molar-refractivity contribution in [3.8, 4) is 0 Å². The lowest BCUT2D eigenvalue weighted by Gasteiger charge is -2.43. The number of hydrogen-bond acceptors (Lipinski definition) is 0. The second-order valence-electron chi connectivity index (χ2n) is 8.54. The summed E-state index contributed by atoms with van der Waals surface area (Å²) < 4.78 is 0. The number of rotatable bonds is 8. The molecule has 1 fully saturated rings. The molecule has 0 nitrogen and oxygen atoms in total. The molecule has 27 heavy (non-hydrogen) atoms. The normalized spacial score (nSPS) is 17.1. The van der Waals surface area contributed by atoms with Crippen LogP contribution in [-0.2, 0) is 18.3 Å². The average molecular weight is 363 g/mol. The maximum Gasteiger partial charge on any atom is 0.0208 e. The van der Waals surface area contributed by atoms with Crippen LogP contribution in [0.25, 0.3) is 0 Å². The van der Waals surface area contributed by atoms with Crippen LogP contribution in [0.2, 0.25) is 0 Å². The molecule has 0 bridgehead atoms. The molecule has 0 unspecified atom stereocenters. The molecule has 2 aromatic carbocycles. The largest absolute Gasteiger partial charge is 0.0654 e. The zero-order valence-corrected chi connectivity index (χ0v) is 17.8. The molecule has 0 aliphatic heterocycles. The summed E-state index contributed by atoms with van der Waals surface area (Å²) in [6.07, 6.45) is 13.3. The van der Waals surface area contributed by atoms with Gasteiger partial charge in [-0.15, -0.1) is 0 Å². The number of aryl methyl sites for hydroxylation is 2. The van der Waals surface area contributed by atoms with Gasteiger partial charge in [-0.25, -0.2) is 0 Å². The third-order valence-corrected chi connectivity index (χ3v) is 7.00. The van der Waals surface area contributed by atoms with Gasteiger partial charge in [0.25, 0.3) is 0 Å². The Hall–Kier alpha value is -1.56. The Morgan fingerprint density at radius 1 is 0.741 bits per heavy atom.